The van der Waals surface area contributed by atoms with Crippen molar-refractivity contribution in [2.24, 2.45) is 0 Å². The van der Waals surface area contributed by atoms with Gasteiger partial charge in [0.1, 0.15) is 6.04 Å². The summed E-state index contributed by atoms with van der Waals surface area (Å²) in [6.07, 6.45) is 0.429. The molecular weight excluding hydrogens is 475 g/mol. The van der Waals surface area contributed by atoms with Crippen LogP contribution in [0.4, 0.5) is 0 Å². The van der Waals surface area contributed by atoms with Crippen LogP contribution in [0.15, 0.2) is 78.9 Å². The molecule has 3 aromatic rings. The second-order valence-electron chi connectivity index (χ2n) is 7.59. The molecule has 0 aliphatic rings. The Morgan fingerprint density at radius 1 is 0.879 bits per heavy atom. The van der Waals surface area contributed by atoms with Crippen LogP contribution in [0.25, 0.3) is 0 Å². The summed E-state index contributed by atoms with van der Waals surface area (Å²) in [6, 6.07) is 24.0. The molecule has 1 unspecified atom stereocenters. The summed E-state index contributed by atoms with van der Waals surface area (Å²) in [6.45, 7) is 0.318. The van der Waals surface area contributed by atoms with Gasteiger partial charge in [0.05, 0.1) is 5.75 Å². The summed E-state index contributed by atoms with van der Waals surface area (Å²) >= 11 is 13.6. The van der Waals surface area contributed by atoms with Crippen molar-refractivity contribution < 1.29 is 9.59 Å². The average molecular weight is 501 g/mol. The molecule has 0 aliphatic heterocycles. The lowest BCUT2D eigenvalue weighted by Crippen LogP contribution is -2.50. The normalized spacial score (nSPS) is 11.6. The molecule has 0 saturated carbocycles. The highest BCUT2D eigenvalue weighted by Gasteiger charge is 2.29. The molecule has 172 valence electrons. The van der Waals surface area contributed by atoms with Crippen LogP contribution < -0.4 is 5.32 Å². The van der Waals surface area contributed by atoms with Crippen LogP contribution in [0.3, 0.4) is 0 Å². The van der Waals surface area contributed by atoms with Crippen molar-refractivity contribution >= 4 is 46.8 Å². The third kappa shape index (κ3) is 7.81. The van der Waals surface area contributed by atoms with Crippen molar-refractivity contribution in [2.75, 3.05) is 12.8 Å². The molecule has 0 fully saturated rings. The van der Waals surface area contributed by atoms with Gasteiger partial charge in [-0.05, 0) is 41.0 Å². The zero-order valence-electron chi connectivity index (χ0n) is 18.3. The van der Waals surface area contributed by atoms with Crippen LogP contribution in [0.2, 0.25) is 10.0 Å². The zero-order valence-corrected chi connectivity index (χ0v) is 20.7. The number of carbonyl (C=O) groups is 2. The number of nitrogens with zero attached hydrogens (tertiary/aromatic N) is 1. The number of hydrogen-bond acceptors (Lipinski definition) is 3. The fourth-order valence-electron chi connectivity index (χ4n) is 3.47. The van der Waals surface area contributed by atoms with Gasteiger partial charge >= 0.3 is 0 Å². The van der Waals surface area contributed by atoms with Crippen LogP contribution in [0.1, 0.15) is 16.7 Å². The Bertz CT molecular complexity index is 1060. The van der Waals surface area contributed by atoms with Crippen LogP contribution in [-0.2, 0) is 28.3 Å². The van der Waals surface area contributed by atoms with Crippen molar-refractivity contribution in [3.05, 3.63) is 106 Å². The molecular formula is C26H26Cl2N2O2S. The first-order valence-electron chi connectivity index (χ1n) is 10.6. The topological polar surface area (TPSA) is 49.4 Å². The third-order valence-electron chi connectivity index (χ3n) is 5.17. The van der Waals surface area contributed by atoms with Crippen molar-refractivity contribution in [1.82, 2.24) is 10.2 Å². The van der Waals surface area contributed by atoms with E-state index in [-0.39, 0.29) is 17.6 Å². The largest absolute Gasteiger partial charge is 0.357 e. The Morgan fingerprint density at radius 2 is 1.58 bits per heavy atom. The van der Waals surface area contributed by atoms with Gasteiger partial charge in [-0.15, -0.1) is 11.8 Å². The van der Waals surface area contributed by atoms with Crippen molar-refractivity contribution in [1.29, 1.82) is 0 Å². The van der Waals surface area contributed by atoms with Gasteiger partial charge in [-0.2, -0.15) is 0 Å². The Hall–Kier alpha value is -2.47. The van der Waals surface area contributed by atoms with E-state index >= 15 is 0 Å². The lowest BCUT2D eigenvalue weighted by atomic mass is 10.0. The smallest absolute Gasteiger partial charge is 0.242 e. The molecule has 4 nitrogen and oxygen atoms in total. The Labute approximate surface area is 209 Å². The van der Waals surface area contributed by atoms with Crippen molar-refractivity contribution in [3.63, 3.8) is 0 Å². The van der Waals surface area contributed by atoms with E-state index in [9.17, 15) is 9.59 Å². The molecule has 0 radical (unpaired) electrons. The van der Waals surface area contributed by atoms with Crippen LogP contribution in [0.5, 0.6) is 0 Å². The van der Waals surface area contributed by atoms with E-state index in [1.54, 1.807) is 24.1 Å². The van der Waals surface area contributed by atoms with E-state index in [0.29, 0.717) is 28.8 Å². The van der Waals surface area contributed by atoms with Gasteiger partial charge in [-0.1, -0.05) is 77.8 Å². The number of likely N-dealkylation sites (N-methyl/N-ethyl adjacent to an activating group) is 1. The third-order valence-corrected chi connectivity index (χ3v) is 6.64. The molecule has 0 spiro atoms. The van der Waals surface area contributed by atoms with E-state index in [0.717, 1.165) is 16.7 Å². The van der Waals surface area contributed by atoms with Gasteiger partial charge < -0.3 is 10.2 Å². The first-order valence-corrected chi connectivity index (χ1v) is 12.5. The number of hydrogen-bond donors (Lipinski definition) is 1. The lowest BCUT2D eigenvalue weighted by Gasteiger charge is -2.31. The van der Waals surface area contributed by atoms with Gasteiger partial charge in [0.2, 0.25) is 11.8 Å². The fourth-order valence-corrected chi connectivity index (χ4v) is 4.67. The maximum atomic E-state index is 13.4. The Morgan fingerprint density at radius 3 is 2.24 bits per heavy atom. The molecule has 3 rings (SSSR count). The first-order chi connectivity index (χ1) is 16.0. The summed E-state index contributed by atoms with van der Waals surface area (Å²) in [5.74, 6) is 0.620. The van der Waals surface area contributed by atoms with E-state index in [4.69, 9.17) is 23.2 Å². The minimum absolute atomic E-state index is 0.0958. The molecule has 0 heterocycles. The summed E-state index contributed by atoms with van der Waals surface area (Å²) in [7, 11) is 1.60. The van der Waals surface area contributed by atoms with Crippen LogP contribution in [0, 0.1) is 0 Å². The summed E-state index contributed by atoms with van der Waals surface area (Å²) in [5.41, 5.74) is 2.96. The molecule has 0 aromatic heterocycles. The number of benzene rings is 3. The number of halogens is 2. The molecule has 0 saturated heterocycles. The monoisotopic (exact) mass is 500 g/mol. The minimum atomic E-state index is -0.632. The van der Waals surface area contributed by atoms with Gasteiger partial charge in [0.25, 0.3) is 0 Å². The molecule has 1 atom stereocenters. The molecule has 7 heteroatoms. The maximum Gasteiger partial charge on any atom is 0.242 e. The highest BCUT2D eigenvalue weighted by atomic mass is 35.5. The molecule has 2 amide bonds. The van der Waals surface area contributed by atoms with Gasteiger partial charge in [0, 0.05) is 35.8 Å². The highest BCUT2D eigenvalue weighted by molar-refractivity contribution is 7.99. The number of nitrogens with one attached hydrogen (secondary N) is 1. The number of amides is 2. The predicted molar refractivity (Wildman–Crippen MR) is 138 cm³/mol. The Kier molecular flexibility index (Phi) is 9.67. The number of rotatable bonds is 10. The van der Waals surface area contributed by atoms with E-state index in [1.165, 1.54) is 11.8 Å². The van der Waals surface area contributed by atoms with Crippen molar-refractivity contribution in [3.8, 4) is 0 Å². The summed E-state index contributed by atoms with van der Waals surface area (Å²) in [4.78, 5) is 28.0. The fraction of sp³-hybridized carbons (Fsp3) is 0.231. The minimum Gasteiger partial charge on any atom is -0.357 e. The second-order valence-corrected chi connectivity index (χ2v) is 9.45. The second kappa shape index (κ2) is 12.7. The van der Waals surface area contributed by atoms with Gasteiger partial charge in [0.15, 0.2) is 0 Å². The van der Waals surface area contributed by atoms with E-state index < -0.39 is 6.04 Å². The molecule has 1 N–H and O–H groups in total. The quantitative estimate of drug-likeness (QED) is 0.393. The van der Waals surface area contributed by atoms with Gasteiger partial charge in [-0.3, -0.25) is 9.59 Å². The summed E-state index contributed by atoms with van der Waals surface area (Å²) in [5, 5.41) is 4.03. The highest BCUT2D eigenvalue weighted by Crippen LogP contribution is 2.20. The molecule has 3 aromatic carbocycles. The zero-order chi connectivity index (χ0) is 23.6. The number of carbonyl (C=O) groups excluding carboxylic acids is 2. The first kappa shape index (κ1) is 25.2. The maximum absolute atomic E-state index is 13.4. The van der Waals surface area contributed by atoms with Gasteiger partial charge in [-0.25, -0.2) is 0 Å². The predicted octanol–water partition coefficient (Wildman–Crippen LogP) is 5.61. The summed E-state index contributed by atoms with van der Waals surface area (Å²) < 4.78 is 0. The van der Waals surface area contributed by atoms with E-state index in [2.05, 4.69) is 5.32 Å². The number of thioether (sulfide) groups is 1. The average Bonchev–Trinajstić information content (AvgIpc) is 2.82. The molecule has 0 aliphatic carbocycles. The van der Waals surface area contributed by atoms with Crippen molar-refractivity contribution in [2.45, 2.75) is 24.8 Å². The van der Waals surface area contributed by atoms with Crippen LogP contribution >= 0.6 is 35.0 Å². The SMILES string of the molecule is CNC(=O)C(Cc1ccccc1)N(Cc1ccc(Cl)cc1)C(=O)CSCc1cccc(Cl)c1. The standard InChI is InChI=1S/C26H26Cl2N2O2S/c1-29-26(32)24(15-19-6-3-2-4-7-19)30(16-20-10-12-22(27)13-11-20)25(31)18-33-17-21-8-5-9-23(28)14-21/h2-14,24H,15-18H2,1H3,(H,29,32). The van der Waals surface area contributed by atoms with Crippen LogP contribution in [-0.4, -0.2) is 35.6 Å². The lowest BCUT2D eigenvalue weighted by molar-refractivity contribution is -0.139. The van der Waals surface area contributed by atoms with E-state index in [1.807, 2.05) is 66.7 Å². The molecule has 0 bridgehead atoms. The molecule has 33 heavy (non-hydrogen) atoms. The Balaban J connectivity index is 1.80.